The first-order chi connectivity index (χ1) is 12.4. The van der Waals surface area contributed by atoms with Crippen LogP contribution in [0.3, 0.4) is 0 Å². The summed E-state index contributed by atoms with van der Waals surface area (Å²) in [4.78, 5) is 26.2. The summed E-state index contributed by atoms with van der Waals surface area (Å²) in [6, 6.07) is 14.2. The van der Waals surface area contributed by atoms with Crippen molar-refractivity contribution < 1.29 is 9.59 Å². The first kappa shape index (κ1) is 20.2. The lowest BCUT2D eigenvalue weighted by Gasteiger charge is -2.23. The van der Waals surface area contributed by atoms with E-state index in [1.807, 2.05) is 30.3 Å². The summed E-state index contributed by atoms with van der Waals surface area (Å²) >= 11 is 12.1. The number of likely N-dealkylation sites (N-methyl/N-ethyl adjacent to an activating group) is 1. The summed E-state index contributed by atoms with van der Waals surface area (Å²) < 4.78 is 0. The van der Waals surface area contributed by atoms with Crippen LogP contribution in [0.2, 0.25) is 10.0 Å². The van der Waals surface area contributed by atoms with E-state index in [4.69, 9.17) is 23.2 Å². The van der Waals surface area contributed by atoms with Gasteiger partial charge in [-0.15, -0.1) is 0 Å². The van der Waals surface area contributed by atoms with Gasteiger partial charge < -0.3 is 10.6 Å². The van der Waals surface area contributed by atoms with Crippen molar-refractivity contribution in [3.05, 3.63) is 64.1 Å². The second-order valence-corrected chi connectivity index (χ2v) is 6.75. The van der Waals surface area contributed by atoms with Gasteiger partial charge in [0.2, 0.25) is 11.8 Å². The molecule has 2 amide bonds. The predicted octanol–water partition coefficient (Wildman–Crippen LogP) is 3.57. The molecule has 1 atom stereocenters. The van der Waals surface area contributed by atoms with Gasteiger partial charge in [0.05, 0.1) is 28.3 Å². The van der Waals surface area contributed by atoms with Crippen molar-refractivity contribution in [1.82, 2.24) is 10.2 Å². The van der Waals surface area contributed by atoms with Crippen molar-refractivity contribution in [2.45, 2.75) is 19.5 Å². The van der Waals surface area contributed by atoms with Gasteiger partial charge in [0.25, 0.3) is 0 Å². The highest BCUT2D eigenvalue weighted by molar-refractivity contribution is 6.39. The number of nitrogens with zero attached hydrogens (tertiary/aromatic N) is 1. The van der Waals surface area contributed by atoms with E-state index in [2.05, 4.69) is 10.6 Å². The van der Waals surface area contributed by atoms with Crippen LogP contribution < -0.4 is 10.6 Å². The molecule has 5 nitrogen and oxygen atoms in total. The Kier molecular flexibility index (Phi) is 7.45. The molecule has 0 saturated carbocycles. The van der Waals surface area contributed by atoms with E-state index in [1.54, 1.807) is 37.1 Å². The first-order valence-electron chi connectivity index (χ1n) is 8.14. The standard InChI is InChI=1S/C19H21Cl2N3O2/c1-13(19(26)22-11-14-7-4-3-5-8-14)24(2)12-17(25)23-18-15(20)9-6-10-16(18)21/h3-10,13H,11-12H2,1-2H3,(H,22,26)(H,23,25). The minimum absolute atomic E-state index is 0.0292. The zero-order chi connectivity index (χ0) is 19.1. The summed E-state index contributed by atoms with van der Waals surface area (Å²) in [5.74, 6) is -0.454. The summed E-state index contributed by atoms with van der Waals surface area (Å²) in [6.45, 7) is 2.22. The molecule has 2 N–H and O–H groups in total. The Morgan fingerprint density at radius 2 is 1.65 bits per heavy atom. The largest absolute Gasteiger partial charge is 0.351 e. The Labute approximate surface area is 163 Å². The van der Waals surface area contributed by atoms with E-state index in [1.165, 1.54) is 0 Å². The number of hydrogen-bond acceptors (Lipinski definition) is 3. The molecule has 1 unspecified atom stereocenters. The molecule has 0 saturated heterocycles. The maximum Gasteiger partial charge on any atom is 0.238 e. The number of benzene rings is 2. The number of anilines is 1. The highest BCUT2D eigenvalue weighted by Crippen LogP contribution is 2.29. The van der Waals surface area contributed by atoms with Gasteiger partial charge in [-0.25, -0.2) is 0 Å². The van der Waals surface area contributed by atoms with Gasteiger partial charge in [-0.3, -0.25) is 14.5 Å². The molecule has 2 aromatic carbocycles. The maximum atomic E-state index is 12.3. The second kappa shape index (κ2) is 9.57. The van der Waals surface area contributed by atoms with E-state index in [-0.39, 0.29) is 18.4 Å². The van der Waals surface area contributed by atoms with Gasteiger partial charge >= 0.3 is 0 Å². The van der Waals surface area contributed by atoms with Crippen molar-refractivity contribution in [3.63, 3.8) is 0 Å². The molecule has 26 heavy (non-hydrogen) atoms. The molecule has 7 heteroatoms. The van der Waals surface area contributed by atoms with Crippen LogP contribution >= 0.6 is 23.2 Å². The molecule has 0 spiro atoms. The van der Waals surface area contributed by atoms with E-state index in [0.717, 1.165) is 5.56 Å². The predicted molar refractivity (Wildman–Crippen MR) is 105 cm³/mol. The van der Waals surface area contributed by atoms with Crippen molar-refractivity contribution in [2.75, 3.05) is 18.9 Å². The van der Waals surface area contributed by atoms with Crippen molar-refractivity contribution in [1.29, 1.82) is 0 Å². The van der Waals surface area contributed by atoms with Crippen LogP contribution in [0.5, 0.6) is 0 Å². The number of carbonyl (C=O) groups is 2. The molecule has 0 aromatic heterocycles. The lowest BCUT2D eigenvalue weighted by atomic mass is 10.2. The molecule has 0 aliphatic rings. The van der Waals surface area contributed by atoms with E-state index >= 15 is 0 Å². The summed E-state index contributed by atoms with van der Waals surface area (Å²) in [6.07, 6.45) is 0. The van der Waals surface area contributed by atoms with Gasteiger partial charge in [-0.2, -0.15) is 0 Å². The molecule has 2 aromatic rings. The molecule has 0 bridgehead atoms. The highest BCUT2D eigenvalue weighted by Gasteiger charge is 2.20. The molecule has 138 valence electrons. The Morgan fingerprint density at radius 1 is 1.04 bits per heavy atom. The number of hydrogen-bond donors (Lipinski definition) is 2. The van der Waals surface area contributed by atoms with E-state index < -0.39 is 6.04 Å². The minimum atomic E-state index is -0.467. The third-order valence-corrected chi connectivity index (χ3v) is 4.60. The number of rotatable bonds is 7. The minimum Gasteiger partial charge on any atom is -0.351 e. The molecule has 0 radical (unpaired) electrons. The van der Waals surface area contributed by atoms with Crippen LogP contribution in [-0.2, 0) is 16.1 Å². The van der Waals surface area contributed by atoms with Crippen LogP contribution in [0.1, 0.15) is 12.5 Å². The zero-order valence-electron chi connectivity index (χ0n) is 14.6. The molecule has 0 aliphatic carbocycles. The highest BCUT2D eigenvalue weighted by atomic mass is 35.5. The molecule has 0 aliphatic heterocycles. The molecular weight excluding hydrogens is 373 g/mol. The fourth-order valence-corrected chi connectivity index (χ4v) is 2.78. The molecular formula is C19H21Cl2N3O2. The normalized spacial score (nSPS) is 11.9. The second-order valence-electron chi connectivity index (χ2n) is 5.94. The van der Waals surface area contributed by atoms with Gasteiger partial charge in [-0.1, -0.05) is 59.6 Å². The molecule has 2 rings (SSSR count). The third kappa shape index (κ3) is 5.73. The number of para-hydroxylation sites is 1. The smallest absolute Gasteiger partial charge is 0.238 e. The van der Waals surface area contributed by atoms with Crippen LogP contribution in [0, 0.1) is 0 Å². The van der Waals surface area contributed by atoms with Crippen LogP contribution in [0.15, 0.2) is 48.5 Å². The monoisotopic (exact) mass is 393 g/mol. The fraction of sp³-hybridized carbons (Fsp3) is 0.263. The van der Waals surface area contributed by atoms with E-state index in [0.29, 0.717) is 22.3 Å². The van der Waals surface area contributed by atoms with Crippen LogP contribution in [-0.4, -0.2) is 36.3 Å². The molecule has 0 fully saturated rings. The SMILES string of the molecule is CC(C(=O)NCc1ccccc1)N(C)CC(=O)Nc1c(Cl)cccc1Cl. The Hall–Kier alpha value is -2.08. The Bertz CT molecular complexity index is 748. The summed E-state index contributed by atoms with van der Waals surface area (Å²) in [7, 11) is 1.71. The maximum absolute atomic E-state index is 12.3. The van der Waals surface area contributed by atoms with Crippen molar-refractivity contribution >= 4 is 40.7 Å². The third-order valence-electron chi connectivity index (χ3n) is 3.97. The van der Waals surface area contributed by atoms with Gasteiger partial charge in [-0.05, 0) is 31.7 Å². The fourth-order valence-electron chi connectivity index (χ4n) is 2.29. The Morgan fingerprint density at radius 3 is 2.27 bits per heavy atom. The van der Waals surface area contributed by atoms with Crippen molar-refractivity contribution in [2.24, 2.45) is 0 Å². The van der Waals surface area contributed by atoms with Crippen LogP contribution in [0.4, 0.5) is 5.69 Å². The average molecular weight is 394 g/mol. The number of carbonyl (C=O) groups excluding carboxylic acids is 2. The number of halogens is 2. The first-order valence-corrected chi connectivity index (χ1v) is 8.90. The van der Waals surface area contributed by atoms with Gasteiger partial charge in [0.15, 0.2) is 0 Å². The number of amides is 2. The van der Waals surface area contributed by atoms with Crippen LogP contribution in [0.25, 0.3) is 0 Å². The lowest BCUT2D eigenvalue weighted by Crippen LogP contribution is -2.45. The van der Waals surface area contributed by atoms with E-state index in [9.17, 15) is 9.59 Å². The number of nitrogens with one attached hydrogen (secondary N) is 2. The average Bonchev–Trinajstić information content (AvgIpc) is 2.63. The topological polar surface area (TPSA) is 61.4 Å². The zero-order valence-corrected chi connectivity index (χ0v) is 16.1. The lowest BCUT2D eigenvalue weighted by molar-refractivity contribution is -0.126. The molecule has 0 heterocycles. The van der Waals surface area contributed by atoms with Gasteiger partial charge in [0, 0.05) is 6.54 Å². The summed E-state index contributed by atoms with van der Waals surface area (Å²) in [5, 5.41) is 6.28. The van der Waals surface area contributed by atoms with Crippen molar-refractivity contribution in [3.8, 4) is 0 Å². The Balaban J connectivity index is 1.86. The van der Waals surface area contributed by atoms with Gasteiger partial charge in [0.1, 0.15) is 0 Å². The quantitative estimate of drug-likeness (QED) is 0.755. The summed E-state index contributed by atoms with van der Waals surface area (Å²) in [5.41, 5.74) is 1.39.